The first kappa shape index (κ1) is 18.2. The van der Waals surface area contributed by atoms with Gasteiger partial charge in [0, 0.05) is 24.2 Å². The predicted octanol–water partition coefficient (Wildman–Crippen LogP) is 1.65. The summed E-state index contributed by atoms with van der Waals surface area (Å²) in [4.78, 5) is 36.1. The summed E-state index contributed by atoms with van der Waals surface area (Å²) in [5.41, 5.74) is 0.803. The number of ether oxygens (including phenoxy) is 2. The fourth-order valence-electron chi connectivity index (χ4n) is 2.72. The summed E-state index contributed by atoms with van der Waals surface area (Å²) in [5.74, 6) is 0.1000. The van der Waals surface area contributed by atoms with Gasteiger partial charge < -0.3 is 14.8 Å². The van der Waals surface area contributed by atoms with Crippen molar-refractivity contribution in [2.24, 2.45) is 0 Å². The summed E-state index contributed by atoms with van der Waals surface area (Å²) in [6.45, 7) is -0.278. The molecular formula is C18H17N3O6. The highest BCUT2D eigenvalue weighted by Gasteiger charge is 2.29. The minimum Gasteiger partial charge on any atom is -0.496 e. The molecule has 0 saturated heterocycles. The molecule has 1 aliphatic heterocycles. The number of hydrogen-bond donors (Lipinski definition) is 1. The van der Waals surface area contributed by atoms with E-state index in [2.05, 4.69) is 5.32 Å². The first-order chi connectivity index (χ1) is 13.0. The highest BCUT2D eigenvalue weighted by atomic mass is 16.6. The molecule has 2 amide bonds. The Morgan fingerprint density at radius 2 is 2.11 bits per heavy atom. The number of nitro benzene ring substituents is 1. The molecule has 1 N–H and O–H groups in total. The Morgan fingerprint density at radius 3 is 2.85 bits per heavy atom. The maximum Gasteiger partial charge on any atom is 0.271 e. The Kier molecular flexibility index (Phi) is 5.20. The average molecular weight is 371 g/mol. The Bertz CT molecular complexity index is 898. The van der Waals surface area contributed by atoms with Crippen molar-refractivity contribution in [3.05, 3.63) is 58.1 Å². The predicted molar refractivity (Wildman–Crippen MR) is 95.8 cm³/mol. The summed E-state index contributed by atoms with van der Waals surface area (Å²) >= 11 is 0. The van der Waals surface area contributed by atoms with E-state index in [1.54, 1.807) is 6.07 Å². The van der Waals surface area contributed by atoms with Crippen molar-refractivity contribution in [3.63, 3.8) is 0 Å². The molecule has 0 spiro atoms. The lowest BCUT2D eigenvalue weighted by molar-refractivity contribution is -0.384. The summed E-state index contributed by atoms with van der Waals surface area (Å²) in [6.07, 6.45) is 0. The quantitative estimate of drug-likeness (QED) is 0.610. The standard InChI is InChI=1S/C18H17N3O6/c1-26-15-5-3-2-4-12(15)9-19-17(22)10-20-14-8-13(21(24)25)6-7-16(14)27-11-18(20)23/h2-8H,9-11H2,1H3,(H,19,22). The van der Waals surface area contributed by atoms with E-state index >= 15 is 0 Å². The fraction of sp³-hybridized carbons (Fsp3) is 0.222. The Morgan fingerprint density at radius 1 is 1.33 bits per heavy atom. The normalized spacial score (nSPS) is 12.8. The van der Waals surface area contributed by atoms with E-state index in [0.29, 0.717) is 11.5 Å². The van der Waals surface area contributed by atoms with Gasteiger partial charge in [-0.1, -0.05) is 18.2 Å². The van der Waals surface area contributed by atoms with Gasteiger partial charge >= 0.3 is 0 Å². The number of methoxy groups -OCH3 is 1. The molecule has 2 aromatic carbocycles. The number of hydrogen-bond acceptors (Lipinski definition) is 6. The van der Waals surface area contributed by atoms with Gasteiger partial charge in [0.2, 0.25) is 5.91 Å². The zero-order chi connectivity index (χ0) is 19.4. The van der Waals surface area contributed by atoms with Gasteiger partial charge in [-0.2, -0.15) is 0 Å². The van der Waals surface area contributed by atoms with E-state index in [1.807, 2.05) is 18.2 Å². The monoisotopic (exact) mass is 371 g/mol. The Labute approximate surface area is 154 Å². The second-order valence-electron chi connectivity index (χ2n) is 5.77. The molecule has 3 rings (SSSR count). The van der Waals surface area contributed by atoms with Crippen LogP contribution >= 0.6 is 0 Å². The lowest BCUT2D eigenvalue weighted by atomic mass is 10.2. The summed E-state index contributed by atoms with van der Waals surface area (Å²) in [5, 5.41) is 13.7. The van der Waals surface area contributed by atoms with Crippen LogP contribution in [0.15, 0.2) is 42.5 Å². The molecule has 0 fully saturated rings. The highest BCUT2D eigenvalue weighted by molar-refractivity contribution is 6.02. The van der Waals surface area contributed by atoms with Crippen LogP contribution in [-0.2, 0) is 16.1 Å². The first-order valence-corrected chi connectivity index (χ1v) is 8.10. The fourth-order valence-corrected chi connectivity index (χ4v) is 2.72. The van der Waals surface area contributed by atoms with Crippen LogP contribution in [0.25, 0.3) is 0 Å². The van der Waals surface area contributed by atoms with E-state index in [-0.39, 0.29) is 31.1 Å². The minimum absolute atomic E-state index is 0.188. The lowest BCUT2D eigenvalue weighted by Crippen LogP contribution is -2.45. The van der Waals surface area contributed by atoms with Gasteiger partial charge in [0.25, 0.3) is 11.6 Å². The third kappa shape index (κ3) is 3.97. The third-order valence-corrected chi connectivity index (χ3v) is 4.07. The van der Waals surface area contributed by atoms with Crippen LogP contribution in [0.5, 0.6) is 11.5 Å². The zero-order valence-corrected chi connectivity index (χ0v) is 14.5. The van der Waals surface area contributed by atoms with Crippen molar-refractivity contribution in [1.29, 1.82) is 0 Å². The average Bonchev–Trinajstić information content (AvgIpc) is 2.68. The van der Waals surface area contributed by atoms with Crippen LogP contribution in [0.4, 0.5) is 11.4 Å². The van der Waals surface area contributed by atoms with E-state index in [4.69, 9.17) is 9.47 Å². The summed E-state index contributed by atoms with van der Waals surface area (Å²) < 4.78 is 10.5. The van der Waals surface area contributed by atoms with Crippen LogP contribution in [0.3, 0.4) is 0 Å². The minimum atomic E-state index is -0.570. The third-order valence-electron chi connectivity index (χ3n) is 4.07. The number of nitrogens with one attached hydrogen (secondary N) is 1. The van der Waals surface area contributed by atoms with E-state index < -0.39 is 16.7 Å². The van der Waals surface area contributed by atoms with Crippen molar-refractivity contribution >= 4 is 23.2 Å². The van der Waals surface area contributed by atoms with Crippen LogP contribution in [0.2, 0.25) is 0 Å². The number of carbonyl (C=O) groups excluding carboxylic acids is 2. The molecule has 0 radical (unpaired) electrons. The van der Waals surface area contributed by atoms with Crippen LogP contribution < -0.4 is 19.7 Å². The molecule has 140 valence electrons. The largest absolute Gasteiger partial charge is 0.496 e. The molecule has 0 unspecified atom stereocenters. The molecule has 27 heavy (non-hydrogen) atoms. The number of fused-ring (bicyclic) bond motifs is 1. The Balaban J connectivity index is 1.73. The number of rotatable bonds is 6. The van der Waals surface area contributed by atoms with E-state index in [0.717, 1.165) is 5.56 Å². The number of nitro groups is 1. The molecule has 9 nitrogen and oxygen atoms in total. The number of amides is 2. The maximum atomic E-state index is 12.3. The van der Waals surface area contributed by atoms with Gasteiger partial charge in [0.05, 0.1) is 17.7 Å². The van der Waals surface area contributed by atoms with Gasteiger partial charge in [-0.3, -0.25) is 24.6 Å². The Hall–Kier alpha value is -3.62. The van der Waals surface area contributed by atoms with Gasteiger partial charge in [-0.05, 0) is 12.1 Å². The van der Waals surface area contributed by atoms with Gasteiger partial charge in [0.15, 0.2) is 6.61 Å². The summed E-state index contributed by atoms with van der Waals surface area (Å²) in [7, 11) is 1.54. The van der Waals surface area contributed by atoms with Gasteiger partial charge in [-0.25, -0.2) is 0 Å². The highest BCUT2D eigenvalue weighted by Crippen LogP contribution is 2.35. The van der Waals surface area contributed by atoms with Gasteiger partial charge in [0.1, 0.15) is 18.0 Å². The molecule has 0 atom stereocenters. The van der Waals surface area contributed by atoms with Crippen molar-refractivity contribution in [1.82, 2.24) is 5.32 Å². The number of nitrogens with zero attached hydrogens (tertiary/aromatic N) is 2. The number of carbonyl (C=O) groups is 2. The molecule has 1 aliphatic rings. The zero-order valence-electron chi connectivity index (χ0n) is 14.5. The maximum absolute atomic E-state index is 12.3. The SMILES string of the molecule is COc1ccccc1CNC(=O)CN1C(=O)COc2ccc([N+](=O)[O-])cc21. The van der Waals surface area contributed by atoms with Crippen LogP contribution in [0.1, 0.15) is 5.56 Å². The molecule has 9 heteroatoms. The second kappa shape index (κ2) is 7.73. The number of benzene rings is 2. The van der Waals surface area contributed by atoms with Crippen LogP contribution in [0, 0.1) is 10.1 Å². The smallest absolute Gasteiger partial charge is 0.271 e. The molecule has 1 heterocycles. The van der Waals surface area contributed by atoms with Crippen molar-refractivity contribution in [3.8, 4) is 11.5 Å². The topological polar surface area (TPSA) is 111 Å². The first-order valence-electron chi connectivity index (χ1n) is 8.10. The second-order valence-corrected chi connectivity index (χ2v) is 5.77. The lowest BCUT2D eigenvalue weighted by Gasteiger charge is -2.28. The number of non-ortho nitro benzene ring substituents is 1. The molecular weight excluding hydrogens is 354 g/mol. The van der Waals surface area contributed by atoms with Crippen molar-refractivity contribution in [2.45, 2.75) is 6.54 Å². The summed E-state index contributed by atoms with van der Waals surface area (Å²) in [6, 6.07) is 11.2. The van der Waals surface area contributed by atoms with Crippen molar-refractivity contribution in [2.75, 3.05) is 25.2 Å². The molecule has 0 aromatic heterocycles. The molecule has 0 bridgehead atoms. The molecule has 0 saturated carbocycles. The van der Waals surface area contributed by atoms with Gasteiger partial charge in [-0.15, -0.1) is 0 Å². The van der Waals surface area contributed by atoms with E-state index in [9.17, 15) is 19.7 Å². The molecule has 2 aromatic rings. The van der Waals surface area contributed by atoms with E-state index in [1.165, 1.54) is 30.2 Å². The van der Waals surface area contributed by atoms with Crippen LogP contribution in [-0.4, -0.2) is 37.0 Å². The molecule has 0 aliphatic carbocycles. The number of anilines is 1. The number of para-hydroxylation sites is 1. The van der Waals surface area contributed by atoms with Crippen molar-refractivity contribution < 1.29 is 24.0 Å².